The molecular weight excluding hydrogens is 352 g/mol. The predicted molar refractivity (Wildman–Crippen MR) is 74.8 cm³/mol. The molecule has 5 heteroatoms. The summed E-state index contributed by atoms with van der Waals surface area (Å²) in [4.78, 5) is 0. The Hall–Kier alpha value is -0.100. The number of ether oxygens (including phenoxy) is 3. The molecule has 3 nitrogen and oxygen atoms in total. The number of hydrogen-bond donors (Lipinski definition) is 0. The molecule has 0 radical (unpaired) electrons. The predicted octanol–water partition coefficient (Wildman–Crippen LogP) is 3.60. The van der Waals surface area contributed by atoms with E-state index in [1.807, 2.05) is 31.2 Å². The fourth-order valence-corrected chi connectivity index (χ4v) is 1.65. The molecule has 0 bridgehead atoms. The Morgan fingerprint density at radius 2 is 1.88 bits per heavy atom. The van der Waals surface area contributed by atoms with E-state index in [-0.39, 0.29) is 6.29 Å². The molecule has 0 aliphatic carbocycles. The summed E-state index contributed by atoms with van der Waals surface area (Å²) >= 11 is 6.68. The molecule has 1 atom stereocenters. The molecule has 0 fully saturated rings. The second-order valence-electron chi connectivity index (χ2n) is 3.21. The Labute approximate surface area is 119 Å². The van der Waals surface area contributed by atoms with Crippen LogP contribution in [0.4, 0.5) is 0 Å². The molecule has 0 aliphatic rings. The summed E-state index contributed by atoms with van der Waals surface area (Å²) in [5, 5.41) is 0.787. The van der Waals surface area contributed by atoms with Crippen LogP contribution in [0.1, 0.15) is 6.92 Å². The molecule has 0 saturated heterocycles. The second-order valence-corrected chi connectivity index (χ2v) is 4.92. The maximum absolute atomic E-state index is 5.59. The molecule has 96 valence electrons. The highest BCUT2D eigenvalue weighted by molar-refractivity contribution is 9.10. The number of hydrogen-bond acceptors (Lipinski definition) is 3. The van der Waals surface area contributed by atoms with Crippen molar-refractivity contribution in [2.45, 2.75) is 13.2 Å². The van der Waals surface area contributed by atoms with Crippen molar-refractivity contribution >= 4 is 31.9 Å². The SMILES string of the molecule is CCOC(COc1ccc(Br)cc1)OCCBr. The average molecular weight is 368 g/mol. The molecule has 1 rings (SSSR count). The standard InChI is InChI=1S/C12H16Br2O3/c1-2-15-12(16-8-7-13)9-17-11-5-3-10(14)4-6-11/h3-6,12H,2,7-9H2,1H3. The molecule has 1 unspecified atom stereocenters. The molecule has 0 spiro atoms. The normalized spacial score (nSPS) is 12.4. The van der Waals surface area contributed by atoms with Gasteiger partial charge in [0, 0.05) is 16.4 Å². The van der Waals surface area contributed by atoms with E-state index in [0.717, 1.165) is 15.6 Å². The molecule has 1 aromatic rings. The average Bonchev–Trinajstić information content (AvgIpc) is 2.35. The van der Waals surface area contributed by atoms with Crippen LogP contribution in [0.3, 0.4) is 0 Å². The molecular formula is C12H16Br2O3. The first-order valence-electron chi connectivity index (χ1n) is 5.43. The van der Waals surface area contributed by atoms with Gasteiger partial charge in [0.2, 0.25) is 0 Å². The number of alkyl halides is 1. The Balaban J connectivity index is 2.37. The van der Waals surface area contributed by atoms with Crippen LogP contribution in [0.25, 0.3) is 0 Å². The quantitative estimate of drug-likeness (QED) is 0.519. The van der Waals surface area contributed by atoms with Crippen LogP contribution < -0.4 is 4.74 Å². The van der Waals surface area contributed by atoms with Crippen LogP contribution in [0.5, 0.6) is 5.75 Å². The van der Waals surface area contributed by atoms with E-state index in [9.17, 15) is 0 Å². The third-order valence-electron chi connectivity index (χ3n) is 1.93. The Morgan fingerprint density at radius 1 is 1.18 bits per heavy atom. The van der Waals surface area contributed by atoms with E-state index in [2.05, 4.69) is 31.9 Å². The van der Waals surface area contributed by atoms with E-state index in [1.54, 1.807) is 0 Å². The summed E-state index contributed by atoms with van der Waals surface area (Å²) in [6.07, 6.45) is -0.318. The van der Waals surface area contributed by atoms with E-state index in [1.165, 1.54) is 0 Å². The zero-order chi connectivity index (χ0) is 12.5. The number of rotatable bonds is 8. The zero-order valence-corrected chi connectivity index (χ0v) is 12.9. The van der Waals surface area contributed by atoms with Crippen LogP contribution in [-0.2, 0) is 9.47 Å². The van der Waals surface area contributed by atoms with Gasteiger partial charge in [-0.15, -0.1) is 0 Å². The monoisotopic (exact) mass is 366 g/mol. The minimum Gasteiger partial charge on any atom is -0.488 e. The van der Waals surface area contributed by atoms with Gasteiger partial charge in [-0.25, -0.2) is 0 Å². The lowest BCUT2D eigenvalue weighted by molar-refractivity contribution is -0.151. The third-order valence-corrected chi connectivity index (χ3v) is 2.79. The van der Waals surface area contributed by atoms with Crippen LogP contribution >= 0.6 is 31.9 Å². The summed E-state index contributed by atoms with van der Waals surface area (Å²) in [6.45, 7) is 3.54. The molecule has 0 amide bonds. The molecule has 0 aromatic heterocycles. The van der Waals surface area contributed by atoms with Gasteiger partial charge in [0.25, 0.3) is 0 Å². The minimum absolute atomic E-state index is 0.318. The van der Waals surface area contributed by atoms with Gasteiger partial charge < -0.3 is 14.2 Å². The maximum Gasteiger partial charge on any atom is 0.191 e. The first kappa shape index (κ1) is 15.0. The van der Waals surface area contributed by atoms with Crippen molar-refractivity contribution in [3.8, 4) is 5.75 Å². The summed E-state index contributed by atoms with van der Waals surface area (Å²) in [6, 6.07) is 7.67. The van der Waals surface area contributed by atoms with Crippen LogP contribution in [0.2, 0.25) is 0 Å². The second kappa shape index (κ2) is 8.91. The fourth-order valence-electron chi connectivity index (χ4n) is 1.20. The number of benzene rings is 1. The molecule has 0 N–H and O–H groups in total. The van der Waals surface area contributed by atoms with Crippen molar-refractivity contribution in [3.05, 3.63) is 28.7 Å². The van der Waals surface area contributed by atoms with Crippen molar-refractivity contribution in [1.82, 2.24) is 0 Å². The van der Waals surface area contributed by atoms with Crippen molar-refractivity contribution in [1.29, 1.82) is 0 Å². The Kier molecular flexibility index (Phi) is 7.84. The highest BCUT2D eigenvalue weighted by Gasteiger charge is 2.09. The van der Waals surface area contributed by atoms with Gasteiger partial charge in [0.05, 0.1) is 6.61 Å². The maximum atomic E-state index is 5.59. The Morgan fingerprint density at radius 3 is 2.47 bits per heavy atom. The van der Waals surface area contributed by atoms with Gasteiger partial charge in [-0.3, -0.25) is 0 Å². The molecule has 17 heavy (non-hydrogen) atoms. The van der Waals surface area contributed by atoms with Gasteiger partial charge in [-0.2, -0.15) is 0 Å². The van der Waals surface area contributed by atoms with Crippen LogP contribution in [0, 0.1) is 0 Å². The fraction of sp³-hybridized carbons (Fsp3) is 0.500. The van der Waals surface area contributed by atoms with Crippen molar-refractivity contribution < 1.29 is 14.2 Å². The summed E-state index contributed by atoms with van der Waals surface area (Å²) in [5.74, 6) is 0.806. The van der Waals surface area contributed by atoms with Gasteiger partial charge in [0.15, 0.2) is 6.29 Å². The van der Waals surface area contributed by atoms with Crippen molar-refractivity contribution in [3.63, 3.8) is 0 Å². The summed E-state index contributed by atoms with van der Waals surface area (Å²) < 4.78 is 17.5. The molecule has 0 aliphatic heterocycles. The topological polar surface area (TPSA) is 27.7 Å². The summed E-state index contributed by atoms with van der Waals surface area (Å²) in [5.41, 5.74) is 0. The first-order valence-corrected chi connectivity index (χ1v) is 7.35. The highest BCUT2D eigenvalue weighted by Crippen LogP contribution is 2.16. The molecule has 0 saturated carbocycles. The minimum atomic E-state index is -0.318. The van der Waals surface area contributed by atoms with Crippen molar-refractivity contribution in [2.75, 3.05) is 25.2 Å². The van der Waals surface area contributed by atoms with Gasteiger partial charge in [0.1, 0.15) is 12.4 Å². The van der Waals surface area contributed by atoms with Gasteiger partial charge >= 0.3 is 0 Å². The zero-order valence-electron chi connectivity index (χ0n) is 9.70. The smallest absolute Gasteiger partial charge is 0.191 e. The largest absolute Gasteiger partial charge is 0.488 e. The van der Waals surface area contributed by atoms with Crippen LogP contribution in [-0.4, -0.2) is 31.4 Å². The third kappa shape index (κ3) is 6.41. The van der Waals surface area contributed by atoms with E-state index < -0.39 is 0 Å². The summed E-state index contributed by atoms with van der Waals surface area (Å²) in [7, 11) is 0. The highest BCUT2D eigenvalue weighted by atomic mass is 79.9. The Bertz CT molecular complexity index is 303. The lowest BCUT2D eigenvalue weighted by Crippen LogP contribution is -2.26. The number of halogens is 2. The molecule has 1 aromatic carbocycles. The van der Waals surface area contributed by atoms with E-state index in [4.69, 9.17) is 14.2 Å². The van der Waals surface area contributed by atoms with Crippen molar-refractivity contribution in [2.24, 2.45) is 0 Å². The van der Waals surface area contributed by atoms with E-state index >= 15 is 0 Å². The van der Waals surface area contributed by atoms with Crippen LogP contribution in [0.15, 0.2) is 28.7 Å². The lowest BCUT2D eigenvalue weighted by Gasteiger charge is -2.17. The van der Waals surface area contributed by atoms with E-state index in [0.29, 0.717) is 19.8 Å². The van der Waals surface area contributed by atoms with Gasteiger partial charge in [-0.05, 0) is 31.2 Å². The molecule has 0 heterocycles. The van der Waals surface area contributed by atoms with Gasteiger partial charge in [-0.1, -0.05) is 31.9 Å². The lowest BCUT2D eigenvalue weighted by atomic mass is 10.3. The first-order chi connectivity index (χ1) is 8.26.